The van der Waals surface area contributed by atoms with Crippen LogP contribution in [0.3, 0.4) is 0 Å². The average molecular weight is 546 g/mol. The molecule has 0 aliphatic carbocycles. The number of benzene rings is 2. The van der Waals surface area contributed by atoms with E-state index in [-0.39, 0.29) is 0 Å². The highest BCUT2D eigenvalue weighted by Gasteiger charge is 2.35. The smallest absolute Gasteiger partial charge is 0.237 e. The summed E-state index contributed by atoms with van der Waals surface area (Å²) in [6.07, 6.45) is 4.21. The van der Waals surface area contributed by atoms with Crippen molar-refractivity contribution in [3.63, 3.8) is 0 Å². The second-order valence-electron chi connectivity index (χ2n) is 9.62. The first kappa shape index (κ1) is 27.4. The van der Waals surface area contributed by atoms with E-state index in [0.29, 0.717) is 0 Å². The van der Waals surface area contributed by atoms with E-state index in [1.165, 1.54) is 0 Å². The molecule has 7 heteroatoms. The third-order valence-corrected chi connectivity index (χ3v) is 7.06. The van der Waals surface area contributed by atoms with Crippen molar-refractivity contribution in [3.8, 4) is 22.8 Å². The molecule has 5 aromatic rings. The van der Waals surface area contributed by atoms with E-state index in [0.717, 1.165) is 74.7 Å². The predicted molar refractivity (Wildman–Crippen MR) is 159 cm³/mol. The van der Waals surface area contributed by atoms with Gasteiger partial charge < -0.3 is 23.8 Å². The SMILES string of the molecule is CC(=O)[O-].COc1ccc(C2=C(C)C(=Nc3c(C)c(-c4ccc(OC)cc4)n4ccccc34)c3cccc[n+]32)cc1. The Labute approximate surface area is 239 Å². The molecule has 0 amide bonds. The molecule has 0 radical (unpaired) electrons. The maximum Gasteiger partial charge on any atom is 0.237 e. The minimum absolute atomic E-state index is 0.842. The Morgan fingerprint density at radius 2 is 1.41 bits per heavy atom. The van der Waals surface area contributed by atoms with E-state index < -0.39 is 5.97 Å². The monoisotopic (exact) mass is 545 g/mol. The number of carbonyl (C=O) groups excluding carboxylic acids is 1. The Hall–Kier alpha value is -5.17. The number of methoxy groups -OCH3 is 2. The first-order valence-corrected chi connectivity index (χ1v) is 13.2. The van der Waals surface area contributed by atoms with E-state index in [9.17, 15) is 0 Å². The normalized spacial score (nSPS) is 13.1. The molecule has 0 fully saturated rings. The highest BCUT2D eigenvalue weighted by molar-refractivity contribution is 6.17. The quantitative estimate of drug-likeness (QED) is 0.278. The molecule has 1 aliphatic rings. The van der Waals surface area contributed by atoms with Crippen LogP contribution in [0.4, 0.5) is 5.69 Å². The van der Waals surface area contributed by atoms with Gasteiger partial charge in [-0.1, -0.05) is 6.07 Å². The summed E-state index contributed by atoms with van der Waals surface area (Å²) in [7, 11) is 3.38. The summed E-state index contributed by atoms with van der Waals surface area (Å²) < 4.78 is 15.2. The fraction of sp³-hybridized carbons (Fsp3) is 0.147. The number of aliphatic imine (C=N–C) groups is 1. The fourth-order valence-electron chi connectivity index (χ4n) is 5.24. The lowest BCUT2D eigenvalue weighted by molar-refractivity contribution is -0.577. The average Bonchev–Trinajstić information content (AvgIpc) is 3.43. The molecule has 2 aromatic carbocycles. The van der Waals surface area contributed by atoms with Crippen molar-refractivity contribution in [2.45, 2.75) is 20.8 Å². The Balaban J connectivity index is 0.000000794. The van der Waals surface area contributed by atoms with E-state index in [1.54, 1.807) is 14.2 Å². The summed E-state index contributed by atoms with van der Waals surface area (Å²) in [5, 5.41) is 8.89. The minimum atomic E-state index is -1.08. The van der Waals surface area contributed by atoms with Crippen molar-refractivity contribution in [1.29, 1.82) is 0 Å². The molecule has 41 heavy (non-hydrogen) atoms. The molecule has 7 nitrogen and oxygen atoms in total. The van der Waals surface area contributed by atoms with Gasteiger partial charge in [-0.3, -0.25) is 0 Å². The number of pyridine rings is 2. The number of aromatic nitrogens is 2. The van der Waals surface area contributed by atoms with Crippen molar-refractivity contribution in [2.24, 2.45) is 4.99 Å². The number of carboxylic acid groups (broad SMARTS) is 1. The molecule has 0 bridgehead atoms. The van der Waals surface area contributed by atoms with E-state index in [4.69, 9.17) is 24.4 Å². The van der Waals surface area contributed by atoms with Gasteiger partial charge in [0.25, 0.3) is 0 Å². The van der Waals surface area contributed by atoms with E-state index >= 15 is 0 Å². The van der Waals surface area contributed by atoms with E-state index in [1.807, 2.05) is 24.3 Å². The maximum absolute atomic E-state index is 8.89. The minimum Gasteiger partial charge on any atom is -0.550 e. The van der Waals surface area contributed by atoms with Crippen molar-refractivity contribution in [3.05, 3.63) is 120 Å². The third-order valence-electron chi connectivity index (χ3n) is 7.06. The zero-order valence-corrected chi connectivity index (χ0v) is 23.7. The van der Waals surface area contributed by atoms with Crippen molar-refractivity contribution in [2.75, 3.05) is 14.2 Å². The van der Waals surface area contributed by atoms with Crippen LogP contribution < -0.4 is 19.1 Å². The van der Waals surface area contributed by atoms with Gasteiger partial charge in [-0.25, -0.2) is 4.99 Å². The van der Waals surface area contributed by atoms with Crippen LogP contribution in [0.5, 0.6) is 11.5 Å². The van der Waals surface area contributed by atoms with Gasteiger partial charge in [0.15, 0.2) is 6.20 Å². The van der Waals surface area contributed by atoms with Gasteiger partial charge in [0.1, 0.15) is 17.2 Å². The second kappa shape index (κ2) is 11.5. The molecule has 0 atom stereocenters. The summed E-state index contributed by atoms with van der Waals surface area (Å²) in [5.41, 5.74) is 10.9. The van der Waals surface area contributed by atoms with Crippen LogP contribution in [0.25, 0.3) is 22.5 Å². The van der Waals surface area contributed by atoms with Gasteiger partial charge in [0.05, 0.1) is 36.7 Å². The highest BCUT2D eigenvalue weighted by atomic mass is 16.5. The Bertz CT molecular complexity index is 1790. The molecule has 0 spiro atoms. The summed E-state index contributed by atoms with van der Waals surface area (Å²) in [4.78, 5) is 14.3. The third kappa shape index (κ3) is 5.22. The lowest BCUT2D eigenvalue weighted by Crippen LogP contribution is -2.34. The Kier molecular flexibility index (Phi) is 7.70. The number of rotatable bonds is 5. The summed E-state index contributed by atoms with van der Waals surface area (Å²) in [5.74, 6) is 0.600. The lowest BCUT2D eigenvalue weighted by atomic mass is 10.1. The van der Waals surface area contributed by atoms with Gasteiger partial charge in [0.2, 0.25) is 11.4 Å². The van der Waals surface area contributed by atoms with Crippen LogP contribution in [-0.2, 0) is 4.79 Å². The fourth-order valence-corrected chi connectivity index (χ4v) is 5.24. The Morgan fingerprint density at radius 1 is 0.829 bits per heavy atom. The molecule has 1 aliphatic heterocycles. The van der Waals surface area contributed by atoms with Gasteiger partial charge in [-0.15, -0.1) is 0 Å². The largest absolute Gasteiger partial charge is 0.550 e. The highest BCUT2D eigenvalue weighted by Crippen LogP contribution is 2.39. The number of aliphatic carboxylic acids is 1. The van der Waals surface area contributed by atoms with E-state index in [2.05, 4.69) is 95.9 Å². The van der Waals surface area contributed by atoms with Crippen LogP contribution in [0.2, 0.25) is 0 Å². The number of ether oxygens (including phenoxy) is 2. The van der Waals surface area contributed by atoms with Crippen LogP contribution in [0.1, 0.15) is 30.7 Å². The molecule has 6 rings (SSSR count). The molecule has 206 valence electrons. The summed E-state index contributed by atoms with van der Waals surface area (Å²) in [6, 6.07) is 28.9. The molecule has 0 unspecified atom stereocenters. The summed E-state index contributed by atoms with van der Waals surface area (Å²) >= 11 is 0. The molecular formula is C34H31N3O4. The lowest BCUT2D eigenvalue weighted by Gasteiger charge is -2.06. The number of hydrogen-bond acceptors (Lipinski definition) is 5. The number of carboxylic acids is 1. The summed E-state index contributed by atoms with van der Waals surface area (Å²) in [6.45, 7) is 5.28. The molecule has 3 aromatic heterocycles. The molecule has 0 saturated heterocycles. The molecule has 0 N–H and O–H groups in total. The van der Waals surface area contributed by atoms with Crippen molar-refractivity contribution < 1.29 is 23.9 Å². The molecular weight excluding hydrogens is 514 g/mol. The number of carbonyl (C=O) groups is 1. The van der Waals surface area contributed by atoms with Gasteiger partial charge in [-0.05, 0) is 93.1 Å². The van der Waals surface area contributed by atoms with Crippen LogP contribution in [-0.4, -0.2) is 30.3 Å². The van der Waals surface area contributed by atoms with Gasteiger partial charge in [-0.2, -0.15) is 4.57 Å². The number of fused-ring (bicyclic) bond motifs is 2. The first-order valence-electron chi connectivity index (χ1n) is 13.2. The van der Waals surface area contributed by atoms with Crippen molar-refractivity contribution >= 4 is 28.6 Å². The van der Waals surface area contributed by atoms with Crippen LogP contribution in [0, 0.1) is 6.92 Å². The number of nitrogens with zero attached hydrogens (tertiary/aromatic N) is 3. The topological polar surface area (TPSA) is 79.2 Å². The standard InChI is InChI=1S/C32H28N3O2.C2H4O2/c1-21-29(27-9-5-7-19-34(27)31(21)23-11-15-25(36-3)16-12-23)33-30-22(2)32(35-20-8-6-10-28(30)35)24-13-17-26(37-4)18-14-24;1-2(3)4/h5-20H,1-4H3;1H3,(H,3,4)/q+1;/p-1. The molecule has 4 heterocycles. The number of hydrogen-bond donors (Lipinski definition) is 0. The molecule has 0 saturated carbocycles. The van der Waals surface area contributed by atoms with Crippen LogP contribution >= 0.6 is 0 Å². The van der Waals surface area contributed by atoms with Gasteiger partial charge in [0, 0.05) is 35.4 Å². The zero-order chi connectivity index (χ0) is 29.1. The van der Waals surface area contributed by atoms with Crippen molar-refractivity contribution in [1.82, 2.24) is 4.40 Å². The van der Waals surface area contributed by atoms with Gasteiger partial charge >= 0.3 is 0 Å². The predicted octanol–water partition coefficient (Wildman–Crippen LogP) is 5.39. The van der Waals surface area contributed by atoms with Crippen LogP contribution in [0.15, 0.2) is 108 Å². The first-order chi connectivity index (χ1) is 19.8. The zero-order valence-electron chi connectivity index (χ0n) is 23.7. The Morgan fingerprint density at radius 3 is 2.02 bits per heavy atom. The number of allylic oxidation sites excluding steroid dienone is 1. The maximum atomic E-state index is 8.89. The second-order valence-corrected chi connectivity index (χ2v) is 9.62.